The molecule has 1 aliphatic heterocycles. The standard InChI is InChI=1S/C20H19N3O5S3/c21-31(27,28)16-8-6-14(7-9-16)22-18(25)5-2-10-23-19(26)17(30-20(23)29)12-13-3-1-4-15(24)11-13/h1,3-4,6-9,11-12,24H,2,5,10H2,(H,22,25)(H2,21,27,28)/b17-12-. The molecule has 1 aliphatic rings. The van der Waals surface area contributed by atoms with Crippen molar-refractivity contribution in [3.8, 4) is 5.75 Å². The molecule has 1 saturated heterocycles. The number of aromatic hydroxyl groups is 1. The lowest BCUT2D eigenvalue weighted by molar-refractivity contribution is -0.122. The van der Waals surface area contributed by atoms with Crippen LogP contribution in [0.15, 0.2) is 58.3 Å². The van der Waals surface area contributed by atoms with Crippen molar-refractivity contribution in [3.63, 3.8) is 0 Å². The number of thioether (sulfide) groups is 1. The van der Waals surface area contributed by atoms with Gasteiger partial charge in [-0.3, -0.25) is 14.5 Å². The van der Waals surface area contributed by atoms with Crippen molar-refractivity contribution in [3.05, 3.63) is 59.0 Å². The predicted octanol–water partition coefficient (Wildman–Crippen LogP) is 2.66. The first-order valence-corrected chi connectivity index (χ1v) is 11.9. The number of benzene rings is 2. The number of phenols is 1. The third-order valence-corrected chi connectivity index (χ3v) is 6.60. The molecule has 0 unspecified atom stereocenters. The minimum absolute atomic E-state index is 0.0429. The summed E-state index contributed by atoms with van der Waals surface area (Å²) < 4.78 is 22.9. The summed E-state index contributed by atoms with van der Waals surface area (Å²) in [6.45, 7) is 0.291. The fourth-order valence-electron chi connectivity index (χ4n) is 2.81. The number of sulfonamides is 1. The number of amides is 2. The first-order valence-electron chi connectivity index (χ1n) is 9.10. The number of nitrogens with two attached hydrogens (primary N) is 1. The molecule has 3 rings (SSSR count). The van der Waals surface area contributed by atoms with Crippen molar-refractivity contribution in [2.45, 2.75) is 17.7 Å². The fraction of sp³-hybridized carbons (Fsp3) is 0.150. The molecular formula is C20H19N3O5S3. The van der Waals surface area contributed by atoms with E-state index in [2.05, 4.69) is 5.32 Å². The summed E-state index contributed by atoms with van der Waals surface area (Å²) in [5, 5.41) is 17.3. The van der Waals surface area contributed by atoms with Gasteiger partial charge in [-0.1, -0.05) is 36.1 Å². The number of hydrogen-bond acceptors (Lipinski definition) is 7. The molecule has 8 nitrogen and oxygen atoms in total. The molecule has 0 aliphatic carbocycles. The normalized spacial score (nSPS) is 15.5. The molecule has 2 aromatic carbocycles. The van der Waals surface area contributed by atoms with Crippen LogP contribution in [0.25, 0.3) is 6.08 Å². The first-order chi connectivity index (χ1) is 14.6. The van der Waals surface area contributed by atoms with Crippen LogP contribution in [0.4, 0.5) is 5.69 Å². The van der Waals surface area contributed by atoms with Gasteiger partial charge in [0, 0.05) is 18.7 Å². The number of rotatable bonds is 7. The second kappa shape index (κ2) is 9.60. The molecule has 0 bridgehead atoms. The van der Waals surface area contributed by atoms with Crippen molar-refractivity contribution in [2.75, 3.05) is 11.9 Å². The zero-order valence-corrected chi connectivity index (χ0v) is 18.6. The van der Waals surface area contributed by atoms with E-state index in [1.807, 2.05) is 0 Å². The van der Waals surface area contributed by atoms with E-state index < -0.39 is 10.0 Å². The van der Waals surface area contributed by atoms with Crippen molar-refractivity contribution < 1.29 is 23.1 Å². The van der Waals surface area contributed by atoms with Crippen molar-refractivity contribution >= 4 is 61.9 Å². The van der Waals surface area contributed by atoms with Crippen LogP contribution in [0.1, 0.15) is 18.4 Å². The van der Waals surface area contributed by atoms with E-state index in [4.69, 9.17) is 17.4 Å². The van der Waals surface area contributed by atoms with Gasteiger partial charge in [0.2, 0.25) is 15.9 Å². The Labute approximate surface area is 189 Å². The molecule has 0 atom stereocenters. The van der Waals surface area contributed by atoms with Crippen LogP contribution < -0.4 is 10.5 Å². The Morgan fingerprint density at radius 2 is 1.94 bits per heavy atom. The summed E-state index contributed by atoms with van der Waals surface area (Å²) in [5.74, 6) is -0.407. The van der Waals surface area contributed by atoms with Gasteiger partial charge in [-0.2, -0.15) is 0 Å². The topological polar surface area (TPSA) is 130 Å². The summed E-state index contributed by atoms with van der Waals surface area (Å²) in [6, 6.07) is 12.1. The number of anilines is 1. The van der Waals surface area contributed by atoms with Gasteiger partial charge in [-0.05, 0) is 54.5 Å². The van der Waals surface area contributed by atoms with Crippen LogP contribution in [0.3, 0.4) is 0 Å². The third kappa shape index (κ3) is 6.14. The summed E-state index contributed by atoms with van der Waals surface area (Å²) >= 11 is 6.46. The van der Waals surface area contributed by atoms with E-state index in [0.717, 1.165) is 0 Å². The van der Waals surface area contributed by atoms with Gasteiger partial charge in [0.05, 0.1) is 9.80 Å². The highest BCUT2D eigenvalue weighted by atomic mass is 32.2. The largest absolute Gasteiger partial charge is 0.508 e. The summed E-state index contributed by atoms with van der Waals surface area (Å²) in [5.41, 5.74) is 1.13. The molecule has 1 heterocycles. The maximum Gasteiger partial charge on any atom is 0.266 e. The van der Waals surface area contributed by atoms with Crippen LogP contribution in [0.5, 0.6) is 5.75 Å². The molecule has 0 spiro atoms. The smallest absolute Gasteiger partial charge is 0.266 e. The minimum atomic E-state index is -3.79. The molecule has 2 aromatic rings. The van der Waals surface area contributed by atoms with Crippen LogP contribution in [-0.4, -0.2) is 41.1 Å². The lowest BCUT2D eigenvalue weighted by Gasteiger charge is -2.14. The molecule has 2 amide bonds. The molecular weight excluding hydrogens is 458 g/mol. The summed E-state index contributed by atoms with van der Waals surface area (Å²) in [6.07, 6.45) is 2.21. The van der Waals surface area contributed by atoms with Gasteiger partial charge < -0.3 is 10.4 Å². The lowest BCUT2D eigenvalue weighted by Crippen LogP contribution is -2.29. The lowest BCUT2D eigenvalue weighted by atomic mass is 10.2. The van der Waals surface area contributed by atoms with Gasteiger partial charge in [-0.25, -0.2) is 13.6 Å². The van der Waals surface area contributed by atoms with Crippen LogP contribution in [-0.2, 0) is 19.6 Å². The van der Waals surface area contributed by atoms with E-state index in [1.54, 1.807) is 30.3 Å². The molecule has 4 N–H and O–H groups in total. The van der Waals surface area contributed by atoms with Gasteiger partial charge in [-0.15, -0.1) is 0 Å². The Bertz CT molecular complexity index is 1160. The Balaban J connectivity index is 1.52. The highest BCUT2D eigenvalue weighted by molar-refractivity contribution is 8.26. The fourth-order valence-corrected chi connectivity index (χ4v) is 4.63. The van der Waals surface area contributed by atoms with E-state index in [1.165, 1.54) is 40.9 Å². The second-order valence-electron chi connectivity index (χ2n) is 6.65. The number of nitrogens with zero attached hydrogens (tertiary/aromatic N) is 1. The maximum atomic E-state index is 12.6. The number of phenolic OH excluding ortho intramolecular Hbond substituents is 1. The summed E-state index contributed by atoms with van der Waals surface area (Å²) in [7, 11) is -3.79. The molecule has 11 heteroatoms. The molecule has 0 aromatic heterocycles. The van der Waals surface area contributed by atoms with E-state index >= 15 is 0 Å². The zero-order chi connectivity index (χ0) is 22.6. The second-order valence-corrected chi connectivity index (χ2v) is 9.89. The maximum absolute atomic E-state index is 12.6. The van der Waals surface area contributed by atoms with Crippen LogP contribution in [0.2, 0.25) is 0 Å². The Kier molecular flexibility index (Phi) is 7.11. The molecule has 0 radical (unpaired) electrons. The Hall–Kier alpha value is -2.73. The first kappa shape index (κ1) is 22.9. The number of carbonyl (C=O) groups is 2. The quantitative estimate of drug-likeness (QED) is 0.413. The number of carbonyl (C=O) groups excluding carboxylic acids is 2. The van der Waals surface area contributed by atoms with Crippen molar-refractivity contribution in [1.29, 1.82) is 0 Å². The highest BCUT2D eigenvalue weighted by Crippen LogP contribution is 2.33. The van der Waals surface area contributed by atoms with Gasteiger partial charge in [0.1, 0.15) is 10.1 Å². The van der Waals surface area contributed by atoms with E-state index in [0.29, 0.717) is 33.4 Å². The van der Waals surface area contributed by atoms with Gasteiger partial charge in [0.15, 0.2) is 0 Å². The average Bonchev–Trinajstić information content (AvgIpc) is 2.95. The van der Waals surface area contributed by atoms with Crippen molar-refractivity contribution in [1.82, 2.24) is 4.90 Å². The highest BCUT2D eigenvalue weighted by Gasteiger charge is 2.31. The number of primary sulfonamides is 1. The molecule has 1 fully saturated rings. The predicted molar refractivity (Wildman–Crippen MR) is 124 cm³/mol. The monoisotopic (exact) mass is 477 g/mol. The minimum Gasteiger partial charge on any atom is -0.508 e. The van der Waals surface area contributed by atoms with Gasteiger partial charge in [0.25, 0.3) is 5.91 Å². The number of thiocarbonyl (C=S) groups is 1. The SMILES string of the molecule is NS(=O)(=O)c1ccc(NC(=O)CCCN2C(=O)/C(=C/c3cccc(O)c3)SC2=S)cc1. The third-order valence-electron chi connectivity index (χ3n) is 4.29. The Morgan fingerprint density at radius 3 is 2.58 bits per heavy atom. The van der Waals surface area contributed by atoms with Crippen LogP contribution >= 0.6 is 24.0 Å². The summed E-state index contributed by atoms with van der Waals surface area (Å²) in [4.78, 5) is 26.6. The van der Waals surface area contributed by atoms with Crippen LogP contribution in [0, 0.1) is 0 Å². The van der Waals surface area contributed by atoms with E-state index in [-0.39, 0.29) is 28.9 Å². The zero-order valence-electron chi connectivity index (χ0n) is 16.1. The van der Waals surface area contributed by atoms with Gasteiger partial charge >= 0.3 is 0 Å². The van der Waals surface area contributed by atoms with E-state index in [9.17, 15) is 23.1 Å². The Morgan fingerprint density at radius 1 is 1.23 bits per heavy atom. The molecule has 31 heavy (non-hydrogen) atoms. The van der Waals surface area contributed by atoms with Crippen molar-refractivity contribution in [2.24, 2.45) is 5.14 Å². The molecule has 162 valence electrons. The number of nitrogens with one attached hydrogen (secondary N) is 1. The average molecular weight is 478 g/mol. The number of hydrogen-bond donors (Lipinski definition) is 3. The molecule has 0 saturated carbocycles.